The lowest BCUT2D eigenvalue weighted by Crippen LogP contribution is -2.34. The Morgan fingerprint density at radius 2 is 1.65 bits per heavy atom. The van der Waals surface area contributed by atoms with E-state index in [4.69, 9.17) is 0 Å². The van der Waals surface area contributed by atoms with Crippen LogP contribution in [0.2, 0.25) is 0 Å². The van der Waals surface area contributed by atoms with Gasteiger partial charge in [-0.1, -0.05) is 59.9 Å². The molecule has 1 aliphatic heterocycles. The molecule has 118 valence electrons. The van der Waals surface area contributed by atoms with Crippen LogP contribution >= 0.6 is 0 Å². The molecule has 0 saturated carbocycles. The van der Waals surface area contributed by atoms with Crippen LogP contribution in [0, 0.1) is 24.7 Å². The normalized spacial score (nSPS) is 15.9. The van der Waals surface area contributed by atoms with E-state index in [2.05, 4.69) is 78.3 Å². The van der Waals surface area contributed by atoms with E-state index in [9.17, 15) is 0 Å². The number of hydrogen-bond acceptors (Lipinski definition) is 1. The summed E-state index contributed by atoms with van der Waals surface area (Å²) in [6, 6.07) is 19.3. The summed E-state index contributed by atoms with van der Waals surface area (Å²) in [6.45, 7) is 5.36. The van der Waals surface area contributed by atoms with E-state index < -0.39 is 0 Å². The van der Waals surface area contributed by atoms with E-state index in [1.165, 1.54) is 43.5 Å². The number of hydrogen-bond donors (Lipinski definition) is 0. The van der Waals surface area contributed by atoms with Crippen LogP contribution in [-0.4, -0.2) is 24.5 Å². The van der Waals surface area contributed by atoms with Gasteiger partial charge in [0.2, 0.25) is 0 Å². The molecule has 2 aromatic rings. The number of aryl methyl sites for hydroxylation is 1. The molecule has 0 unspecified atom stereocenters. The molecule has 1 heterocycles. The summed E-state index contributed by atoms with van der Waals surface area (Å²) < 4.78 is 0. The molecule has 2 aromatic carbocycles. The summed E-state index contributed by atoms with van der Waals surface area (Å²) in [5.74, 6) is 7.44. The van der Waals surface area contributed by atoms with Crippen molar-refractivity contribution in [2.45, 2.75) is 26.2 Å². The zero-order valence-corrected chi connectivity index (χ0v) is 14.0. The lowest BCUT2D eigenvalue weighted by molar-refractivity contribution is 0.203. The van der Waals surface area contributed by atoms with Crippen LogP contribution in [0.1, 0.15) is 29.5 Å². The summed E-state index contributed by atoms with van der Waals surface area (Å²) >= 11 is 0. The number of rotatable bonds is 3. The van der Waals surface area contributed by atoms with Gasteiger partial charge in [0.15, 0.2) is 0 Å². The van der Waals surface area contributed by atoms with Crippen molar-refractivity contribution in [3.8, 4) is 11.8 Å². The van der Waals surface area contributed by atoms with Gasteiger partial charge in [-0.15, -0.1) is 0 Å². The van der Waals surface area contributed by atoms with Gasteiger partial charge in [0.1, 0.15) is 0 Å². The van der Waals surface area contributed by atoms with Crippen LogP contribution in [0.25, 0.3) is 0 Å². The molecular formula is C22H25N. The first-order valence-corrected chi connectivity index (χ1v) is 8.61. The smallest absolute Gasteiger partial charge is 0.0605 e. The zero-order chi connectivity index (χ0) is 15.9. The zero-order valence-electron chi connectivity index (χ0n) is 14.0. The fourth-order valence-electron chi connectivity index (χ4n) is 3.19. The lowest BCUT2D eigenvalue weighted by atomic mass is 9.90. The van der Waals surface area contributed by atoms with Gasteiger partial charge < -0.3 is 0 Å². The first-order chi connectivity index (χ1) is 11.3. The Labute approximate surface area is 140 Å². The summed E-state index contributed by atoms with van der Waals surface area (Å²) in [7, 11) is 0. The molecule has 0 spiro atoms. The van der Waals surface area contributed by atoms with Gasteiger partial charge in [0, 0.05) is 5.56 Å². The Hall–Kier alpha value is -2.04. The van der Waals surface area contributed by atoms with Gasteiger partial charge in [-0.05, 0) is 62.9 Å². The van der Waals surface area contributed by atoms with Crippen molar-refractivity contribution in [3.05, 3.63) is 71.3 Å². The third-order valence-corrected chi connectivity index (χ3v) is 4.66. The molecule has 0 atom stereocenters. The molecule has 1 saturated heterocycles. The second-order valence-electron chi connectivity index (χ2n) is 6.58. The molecule has 0 amide bonds. The van der Waals surface area contributed by atoms with E-state index in [0.717, 1.165) is 18.0 Å². The topological polar surface area (TPSA) is 3.24 Å². The molecule has 23 heavy (non-hydrogen) atoms. The second-order valence-corrected chi connectivity index (χ2v) is 6.58. The molecule has 1 aliphatic rings. The predicted octanol–water partition coefficient (Wildman–Crippen LogP) is 4.30. The lowest BCUT2D eigenvalue weighted by Gasteiger charge is -2.30. The van der Waals surface area contributed by atoms with Crippen LogP contribution in [0.3, 0.4) is 0 Å². The van der Waals surface area contributed by atoms with Gasteiger partial charge in [-0.2, -0.15) is 0 Å². The summed E-state index contributed by atoms with van der Waals surface area (Å²) in [4.78, 5) is 2.49. The third-order valence-electron chi connectivity index (χ3n) is 4.66. The Balaban J connectivity index is 1.44. The molecule has 0 N–H and O–H groups in total. The minimum absolute atomic E-state index is 0.832. The van der Waals surface area contributed by atoms with Crippen LogP contribution in [0.15, 0.2) is 54.6 Å². The molecule has 0 bridgehead atoms. The van der Waals surface area contributed by atoms with E-state index in [1.54, 1.807) is 0 Å². The summed E-state index contributed by atoms with van der Waals surface area (Å²) in [5, 5.41) is 0. The van der Waals surface area contributed by atoms with Crippen molar-refractivity contribution < 1.29 is 0 Å². The molecule has 1 nitrogen and oxygen atoms in total. The molecule has 0 aliphatic carbocycles. The first kappa shape index (κ1) is 15.8. The average molecular weight is 303 g/mol. The average Bonchev–Trinajstić information content (AvgIpc) is 2.59. The Morgan fingerprint density at radius 1 is 0.957 bits per heavy atom. The summed E-state index contributed by atoms with van der Waals surface area (Å²) in [5.41, 5.74) is 3.88. The second kappa shape index (κ2) is 7.99. The van der Waals surface area contributed by atoms with E-state index in [-0.39, 0.29) is 0 Å². The van der Waals surface area contributed by atoms with Crippen molar-refractivity contribution in [2.24, 2.45) is 5.92 Å². The molecule has 0 aromatic heterocycles. The molecule has 3 rings (SSSR count). The van der Waals surface area contributed by atoms with E-state index >= 15 is 0 Å². The van der Waals surface area contributed by atoms with Crippen LogP contribution in [0.5, 0.6) is 0 Å². The number of likely N-dealkylation sites (tertiary alicyclic amines) is 1. The van der Waals surface area contributed by atoms with Crippen LogP contribution in [-0.2, 0) is 6.42 Å². The molecule has 0 radical (unpaired) electrons. The van der Waals surface area contributed by atoms with Gasteiger partial charge in [-0.25, -0.2) is 0 Å². The number of benzene rings is 2. The van der Waals surface area contributed by atoms with Crippen molar-refractivity contribution in [2.75, 3.05) is 19.6 Å². The highest BCUT2D eigenvalue weighted by atomic mass is 15.1. The first-order valence-electron chi connectivity index (χ1n) is 8.61. The minimum atomic E-state index is 0.832. The van der Waals surface area contributed by atoms with Gasteiger partial charge in [0.05, 0.1) is 6.54 Å². The fraction of sp³-hybridized carbons (Fsp3) is 0.364. The monoisotopic (exact) mass is 303 g/mol. The van der Waals surface area contributed by atoms with Gasteiger partial charge in [0.25, 0.3) is 0 Å². The minimum Gasteiger partial charge on any atom is -0.292 e. The highest BCUT2D eigenvalue weighted by Gasteiger charge is 2.18. The molecule has 1 fully saturated rings. The highest BCUT2D eigenvalue weighted by molar-refractivity contribution is 5.36. The maximum Gasteiger partial charge on any atom is 0.0605 e. The largest absolute Gasteiger partial charge is 0.292 e. The maximum absolute atomic E-state index is 3.33. The van der Waals surface area contributed by atoms with Crippen molar-refractivity contribution >= 4 is 0 Å². The molecular weight excluding hydrogens is 278 g/mol. The maximum atomic E-state index is 3.33. The van der Waals surface area contributed by atoms with Crippen molar-refractivity contribution in [1.29, 1.82) is 0 Å². The van der Waals surface area contributed by atoms with Crippen molar-refractivity contribution in [1.82, 2.24) is 4.90 Å². The van der Waals surface area contributed by atoms with Crippen LogP contribution < -0.4 is 0 Å². The molecule has 1 heteroatoms. The Morgan fingerprint density at radius 3 is 2.35 bits per heavy atom. The third kappa shape index (κ3) is 4.98. The van der Waals surface area contributed by atoms with Gasteiger partial charge >= 0.3 is 0 Å². The number of piperidine rings is 1. The Kier molecular flexibility index (Phi) is 5.51. The Bertz CT molecular complexity index is 653. The predicted molar refractivity (Wildman–Crippen MR) is 97.4 cm³/mol. The fourth-order valence-corrected chi connectivity index (χ4v) is 3.19. The van der Waals surface area contributed by atoms with Crippen LogP contribution in [0.4, 0.5) is 0 Å². The van der Waals surface area contributed by atoms with Crippen molar-refractivity contribution in [3.63, 3.8) is 0 Å². The standard InChI is InChI=1S/C22H25N/c1-19-9-11-20(12-10-19)8-5-15-23-16-13-22(14-17-23)18-21-6-3-2-4-7-21/h2-4,6-7,9-12,22H,13-18H2,1H3. The summed E-state index contributed by atoms with van der Waals surface area (Å²) in [6.07, 6.45) is 3.81. The highest BCUT2D eigenvalue weighted by Crippen LogP contribution is 2.21. The number of nitrogens with zero attached hydrogens (tertiary/aromatic N) is 1. The van der Waals surface area contributed by atoms with E-state index in [1.807, 2.05) is 0 Å². The van der Waals surface area contributed by atoms with E-state index in [0.29, 0.717) is 0 Å². The van der Waals surface area contributed by atoms with Gasteiger partial charge in [-0.3, -0.25) is 4.90 Å². The quantitative estimate of drug-likeness (QED) is 0.764. The SMILES string of the molecule is Cc1ccc(C#CCN2CCC(Cc3ccccc3)CC2)cc1.